The maximum Gasteiger partial charge on any atom is 0.231 e. The Morgan fingerprint density at radius 3 is 2.95 bits per heavy atom. The van der Waals surface area contributed by atoms with Crippen molar-refractivity contribution < 1.29 is 0 Å². The van der Waals surface area contributed by atoms with Crippen LogP contribution >= 0.6 is 0 Å². The van der Waals surface area contributed by atoms with E-state index in [9.17, 15) is 0 Å². The second-order valence-electron chi connectivity index (χ2n) is 5.55. The molecule has 1 aromatic carbocycles. The summed E-state index contributed by atoms with van der Waals surface area (Å²) in [6.45, 7) is 6.25. The molecule has 20 heavy (non-hydrogen) atoms. The zero-order valence-corrected chi connectivity index (χ0v) is 12.0. The molecule has 0 unspecified atom stereocenters. The number of nitrogens with one attached hydrogen (secondary N) is 1. The van der Waals surface area contributed by atoms with Gasteiger partial charge in [0.25, 0.3) is 0 Å². The predicted molar refractivity (Wildman–Crippen MR) is 82.5 cm³/mol. The number of fused-ring (bicyclic) bond motifs is 1. The lowest BCUT2D eigenvalue weighted by Gasteiger charge is -2.18. The molecule has 1 aliphatic rings. The van der Waals surface area contributed by atoms with Crippen LogP contribution in [0.15, 0.2) is 36.5 Å². The Morgan fingerprint density at radius 2 is 2.10 bits per heavy atom. The van der Waals surface area contributed by atoms with E-state index in [0.29, 0.717) is 5.92 Å². The molecular formula is C16H20N4. The van der Waals surface area contributed by atoms with Crippen molar-refractivity contribution in [3.8, 4) is 0 Å². The fraction of sp³-hybridized carbons (Fsp3) is 0.375. The molecule has 1 N–H and O–H groups in total. The van der Waals surface area contributed by atoms with Crippen molar-refractivity contribution in [1.29, 1.82) is 0 Å². The summed E-state index contributed by atoms with van der Waals surface area (Å²) in [7, 11) is 0. The molecule has 0 amide bonds. The number of anilines is 3. The molecule has 0 spiro atoms. The maximum atomic E-state index is 4.63. The summed E-state index contributed by atoms with van der Waals surface area (Å²) in [6, 6.07) is 10.4. The highest BCUT2D eigenvalue weighted by Crippen LogP contribution is 2.32. The van der Waals surface area contributed by atoms with Crippen LogP contribution in [0, 0.1) is 5.92 Å². The van der Waals surface area contributed by atoms with Gasteiger partial charge in [-0.05, 0) is 30.0 Å². The average molecular weight is 268 g/mol. The first-order chi connectivity index (χ1) is 9.74. The summed E-state index contributed by atoms with van der Waals surface area (Å²) < 4.78 is 0. The van der Waals surface area contributed by atoms with E-state index in [-0.39, 0.29) is 0 Å². The highest BCUT2D eigenvalue weighted by molar-refractivity contribution is 5.66. The number of aromatic nitrogens is 2. The normalized spacial score (nSPS) is 13.7. The summed E-state index contributed by atoms with van der Waals surface area (Å²) in [6.07, 6.45) is 2.88. The van der Waals surface area contributed by atoms with E-state index in [4.69, 9.17) is 0 Å². The molecule has 0 aliphatic carbocycles. The molecule has 4 heteroatoms. The van der Waals surface area contributed by atoms with Crippen molar-refractivity contribution >= 4 is 17.5 Å². The van der Waals surface area contributed by atoms with Crippen LogP contribution in [0.4, 0.5) is 17.5 Å². The Labute approximate surface area is 119 Å². The smallest absolute Gasteiger partial charge is 0.231 e. The summed E-state index contributed by atoms with van der Waals surface area (Å²) >= 11 is 0. The van der Waals surface area contributed by atoms with Crippen LogP contribution in [0.25, 0.3) is 0 Å². The molecule has 0 fully saturated rings. The SMILES string of the molecule is CC(C)CNc1ccnc(N2CCc3ccccc32)n1. The molecule has 3 rings (SSSR count). The third kappa shape index (κ3) is 2.59. The van der Waals surface area contributed by atoms with Crippen molar-refractivity contribution in [2.24, 2.45) is 5.92 Å². The Bertz CT molecular complexity index is 595. The molecule has 104 valence electrons. The monoisotopic (exact) mass is 268 g/mol. The minimum Gasteiger partial charge on any atom is -0.370 e. The van der Waals surface area contributed by atoms with Crippen molar-refractivity contribution in [2.45, 2.75) is 20.3 Å². The van der Waals surface area contributed by atoms with Crippen molar-refractivity contribution in [3.05, 3.63) is 42.1 Å². The molecular weight excluding hydrogens is 248 g/mol. The van der Waals surface area contributed by atoms with E-state index in [2.05, 4.69) is 58.3 Å². The maximum absolute atomic E-state index is 4.63. The zero-order valence-electron chi connectivity index (χ0n) is 12.0. The topological polar surface area (TPSA) is 41.1 Å². The number of hydrogen-bond donors (Lipinski definition) is 1. The highest BCUT2D eigenvalue weighted by atomic mass is 15.3. The third-order valence-corrected chi connectivity index (χ3v) is 3.46. The standard InChI is InChI=1S/C16H20N4/c1-12(2)11-18-15-7-9-17-16(19-15)20-10-8-13-5-3-4-6-14(13)20/h3-7,9,12H,8,10-11H2,1-2H3,(H,17,18,19). The quantitative estimate of drug-likeness (QED) is 0.924. The average Bonchev–Trinajstić information content (AvgIpc) is 2.89. The molecule has 4 nitrogen and oxygen atoms in total. The van der Waals surface area contributed by atoms with E-state index in [1.165, 1.54) is 11.3 Å². The molecule has 2 aromatic rings. The van der Waals surface area contributed by atoms with Gasteiger partial charge < -0.3 is 10.2 Å². The Morgan fingerprint density at radius 1 is 1.25 bits per heavy atom. The van der Waals surface area contributed by atoms with Gasteiger partial charge in [0.15, 0.2) is 0 Å². The molecule has 0 atom stereocenters. The van der Waals surface area contributed by atoms with Crippen LogP contribution < -0.4 is 10.2 Å². The second kappa shape index (κ2) is 5.49. The lowest BCUT2D eigenvalue weighted by molar-refractivity contribution is 0.686. The van der Waals surface area contributed by atoms with E-state index in [1.54, 1.807) is 0 Å². The lowest BCUT2D eigenvalue weighted by atomic mass is 10.2. The largest absolute Gasteiger partial charge is 0.370 e. The number of para-hydroxylation sites is 1. The van der Waals surface area contributed by atoms with Gasteiger partial charge >= 0.3 is 0 Å². The third-order valence-electron chi connectivity index (χ3n) is 3.46. The highest BCUT2D eigenvalue weighted by Gasteiger charge is 2.21. The first-order valence-electron chi connectivity index (χ1n) is 7.16. The summed E-state index contributed by atoms with van der Waals surface area (Å²) in [5.74, 6) is 2.28. The molecule has 2 heterocycles. The first-order valence-corrected chi connectivity index (χ1v) is 7.16. The van der Waals surface area contributed by atoms with E-state index in [1.807, 2.05) is 12.3 Å². The van der Waals surface area contributed by atoms with Gasteiger partial charge in [-0.15, -0.1) is 0 Å². The minimum atomic E-state index is 0.598. The van der Waals surface area contributed by atoms with Crippen molar-refractivity contribution in [1.82, 2.24) is 9.97 Å². The first kappa shape index (κ1) is 12.9. The number of hydrogen-bond acceptors (Lipinski definition) is 4. The second-order valence-corrected chi connectivity index (χ2v) is 5.55. The van der Waals surface area contributed by atoms with Crippen LogP contribution in [-0.4, -0.2) is 23.1 Å². The van der Waals surface area contributed by atoms with Crippen LogP contribution in [0.1, 0.15) is 19.4 Å². The van der Waals surface area contributed by atoms with E-state index < -0.39 is 0 Å². The van der Waals surface area contributed by atoms with Crippen LogP contribution in [0.3, 0.4) is 0 Å². The molecule has 0 saturated heterocycles. The van der Waals surface area contributed by atoms with Gasteiger partial charge in [-0.25, -0.2) is 4.98 Å². The van der Waals surface area contributed by atoms with Crippen molar-refractivity contribution in [3.63, 3.8) is 0 Å². The zero-order chi connectivity index (χ0) is 13.9. The van der Waals surface area contributed by atoms with Gasteiger partial charge in [0.2, 0.25) is 5.95 Å². The lowest BCUT2D eigenvalue weighted by Crippen LogP contribution is -2.17. The van der Waals surface area contributed by atoms with Crippen LogP contribution in [0.5, 0.6) is 0 Å². The summed E-state index contributed by atoms with van der Waals surface area (Å²) in [5.41, 5.74) is 2.60. The van der Waals surface area contributed by atoms with Crippen molar-refractivity contribution in [2.75, 3.05) is 23.3 Å². The van der Waals surface area contributed by atoms with E-state index >= 15 is 0 Å². The van der Waals surface area contributed by atoms with Gasteiger partial charge in [-0.2, -0.15) is 4.98 Å². The fourth-order valence-corrected chi connectivity index (χ4v) is 2.43. The molecule has 0 saturated carbocycles. The van der Waals surface area contributed by atoms with Gasteiger partial charge in [0, 0.05) is 25.0 Å². The van der Waals surface area contributed by atoms with Gasteiger partial charge in [-0.1, -0.05) is 32.0 Å². The van der Waals surface area contributed by atoms with Gasteiger partial charge in [-0.3, -0.25) is 0 Å². The van der Waals surface area contributed by atoms with Crippen LogP contribution in [0.2, 0.25) is 0 Å². The number of rotatable bonds is 4. The van der Waals surface area contributed by atoms with Crippen LogP contribution in [-0.2, 0) is 6.42 Å². The molecule has 0 radical (unpaired) electrons. The fourth-order valence-electron chi connectivity index (χ4n) is 2.43. The van der Waals surface area contributed by atoms with Gasteiger partial charge in [0.1, 0.15) is 5.82 Å². The number of benzene rings is 1. The van der Waals surface area contributed by atoms with E-state index in [0.717, 1.165) is 31.3 Å². The molecule has 1 aromatic heterocycles. The minimum absolute atomic E-state index is 0.598. The summed E-state index contributed by atoms with van der Waals surface area (Å²) in [4.78, 5) is 11.2. The van der Waals surface area contributed by atoms with Gasteiger partial charge in [0.05, 0.1) is 0 Å². The Balaban J connectivity index is 1.83. The summed E-state index contributed by atoms with van der Waals surface area (Å²) in [5, 5.41) is 3.35. The predicted octanol–water partition coefficient (Wildman–Crippen LogP) is 3.24. The Kier molecular flexibility index (Phi) is 3.54. The molecule has 1 aliphatic heterocycles. The number of nitrogens with zero attached hydrogens (tertiary/aromatic N) is 3. The molecule has 0 bridgehead atoms. The Hall–Kier alpha value is -2.10.